The molecule has 0 aliphatic heterocycles. The van der Waals surface area contributed by atoms with E-state index in [0.717, 1.165) is 36.8 Å². The molecule has 0 radical (unpaired) electrons. The van der Waals surface area contributed by atoms with E-state index in [0.29, 0.717) is 23.3 Å². The minimum absolute atomic E-state index is 0.364. The quantitative estimate of drug-likeness (QED) is 0.422. The van der Waals surface area contributed by atoms with Crippen molar-refractivity contribution in [2.24, 2.45) is 11.8 Å². The van der Waals surface area contributed by atoms with Crippen molar-refractivity contribution in [1.29, 1.82) is 0 Å². The molecule has 0 aromatic heterocycles. The van der Waals surface area contributed by atoms with Crippen LogP contribution in [0.1, 0.15) is 90.2 Å². The predicted octanol–water partition coefficient (Wildman–Crippen LogP) is 6.62. The molecule has 0 fully saturated rings. The van der Waals surface area contributed by atoms with Crippen LogP contribution in [0.5, 0.6) is 11.5 Å². The average molecular weight is 335 g/mol. The summed E-state index contributed by atoms with van der Waals surface area (Å²) in [5.74, 6) is 1.91. The Hall–Kier alpha value is -1.18. The van der Waals surface area contributed by atoms with Crippen LogP contribution in [0.15, 0.2) is 12.1 Å². The summed E-state index contributed by atoms with van der Waals surface area (Å²) in [6, 6.07) is 3.62. The van der Waals surface area contributed by atoms with Gasteiger partial charge in [-0.05, 0) is 47.9 Å². The average Bonchev–Trinajstić information content (AvgIpc) is 2.58. The molecule has 24 heavy (non-hydrogen) atoms. The van der Waals surface area contributed by atoms with Gasteiger partial charge in [-0.1, -0.05) is 79.1 Å². The second-order valence-corrected chi connectivity index (χ2v) is 7.35. The van der Waals surface area contributed by atoms with Gasteiger partial charge >= 0.3 is 0 Å². The summed E-state index contributed by atoms with van der Waals surface area (Å²) in [5.41, 5.74) is 1.81. The highest BCUT2D eigenvalue weighted by atomic mass is 16.3. The van der Waals surface area contributed by atoms with Gasteiger partial charge in [0, 0.05) is 0 Å². The van der Waals surface area contributed by atoms with Gasteiger partial charge in [0.2, 0.25) is 0 Å². The lowest BCUT2D eigenvalue weighted by Crippen LogP contribution is -2.06. The zero-order chi connectivity index (χ0) is 17.9. The maximum Gasteiger partial charge on any atom is 0.119 e. The minimum Gasteiger partial charge on any atom is -0.508 e. The molecule has 2 nitrogen and oxygen atoms in total. The molecule has 0 aliphatic rings. The summed E-state index contributed by atoms with van der Waals surface area (Å²) >= 11 is 0. The van der Waals surface area contributed by atoms with Gasteiger partial charge in [0.1, 0.15) is 11.5 Å². The molecule has 1 aromatic carbocycles. The normalized spacial score (nSPS) is 13.8. The number of unbranched alkanes of at least 4 members (excludes halogenated alkanes) is 2. The lowest BCUT2D eigenvalue weighted by molar-refractivity contribution is 0.409. The Kier molecular flexibility index (Phi) is 9.90. The van der Waals surface area contributed by atoms with Crippen LogP contribution in [0.3, 0.4) is 0 Å². The smallest absolute Gasteiger partial charge is 0.119 e. The van der Waals surface area contributed by atoms with Crippen molar-refractivity contribution >= 4 is 0 Å². The van der Waals surface area contributed by atoms with E-state index in [2.05, 4.69) is 27.7 Å². The van der Waals surface area contributed by atoms with E-state index in [1.807, 2.05) is 12.1 Å². The fourth-order valence-corrected chi connectivity index (χ4v) is 3.50. The third kappa shape index (κ3) is 6.75. The molecule has 1 rings (SSSR count). The zero-order valence-electron chi connectivity index (χ0n) is 16.3. The number of benzene rings is 1. The number of phenols is 2. The van der Waals surface area contributed by atoms with Gasteiger partial charge in [-0.15, -0.1) is 0 Å². The summed E-state index contributed by atoms with van der Waals surface area (Å²) in [5, 5.41) is 20.9. The molecular weight excluding hydrogens is 296 g/mol. The number of phenolic OH excluding ortho intramolecular Hbond substituents is 2. The topological polar surface area (TPSA) is 40.5 Å². The molecule has 0 amide bonds. The van der Waals surface area contributed by atoms with Crippen LogP contribution in [0.2, 0.25) is 0 Å². The Morgan fingerprint density at radius 2 is 1.08 bits per heavy atom. The summed E-state index contributed by atoms with van der Waals surface area (Å²) in [7, 11) is 0. The lowest BCUT2D eigenvalue weighted by atomic mass is 9.88. The lowest BCUT2D eigenvalue weighted by Gasteiger charge is -2.19. The fourth-order valence-electron chi connectivity index (χ4n) is 3.50. The Labute approximate surface area is 149 Å². The van der Waals surface area contributed by atoms with E-state index in [4.69, 9.17) is 0 Å². The first-order chi connectivity index (χ1) is 11.5. The van der Waals surface area contributed by atoms with Crippen molar-refractivity contribution in [3.63, 3.8) is 0 Å². The van der Waals surface area contributed by atoms with Crippen molar-refractivity contribution < 1.29 is 10.2 Å². The molecule has 0 saturated carbocycles. The number of hydrogen-bond acceptors (Lipinski definition) is 2. The first kappa shape index (κ1) is 20.9. The van der Waals surface area contributed by atoms with Crippen LogP contribution in [0.25, 0.3) is 0 Å². The molecule has 0 aliphatic carbocycles. The van der Waals surface area contributed by atoms with Crippen LogP contribution in [0, 0.1) is 11.8 Å². The van der Waals surface area contributed by atoms with E-state index in [1.165, 1.54) is 38.5 Å². The molecule has 2 atom stereocenters. The summed E-state index contributed by atoms with van der Waals surface area (Å²) in [6.45, 7) is 8.86. The minimum atomic E-state index is 0.364. The molecule has 138 valence electrons. The third-order valence-electron chi connectivity index (χ3n) is 5.38. The molecular formula is C22H38O2. The Morgan fingerprint density at radius 1 is 0.708 bits per heavy atom. The highest BCUT2D eigenvalue weighted by Crippen LogP contribution is 2.33. The molecule has 1 aromatic rings. The van der Waals surface area contributed by atoms with Crippen LogP contribution in [-0.4, -0.2) is 10.2 Å². The third-order valence-corrected chi connectivity index (χ3v) is 5.38. The van der Waals surface area contributed by atoms with E-state index in [1.54, 1.807) is 0 Å². The second kappa shape index (κ2) is 11.4. The summed E-state index contributed by atoms with van der Waals surface area (Å²) in [4.78, 5) is 0. The maximum atomic E-state index is 10.4. The summed E-state index contributed by atoms with van der Waals surface area (Å²) < 4.78 is 0. The number of rotatable bonds is 12. The van der Waals surface area contributed by atoms with Gasteiger partial charge in [-0.2, -0.15) is 0 Å². The highest BCUT2D eigenvalue weighted by molar-refractivity contribution is 5.45. The predicted molar refractivity (Wildman–Crippen MR) is 104 cm³/mol. The number of hydrogen-bond donors (Lipinski definition) is 2. The van der Waals surface area contributed by atoms with Gasteiger partial charge in [-0.25, -0.2) is 0 Å². The van der Waals surface area contributed by atoms with E-state index in [9.17, 15) is 10.2 Å². The fraction of sp³-hybridized carbons (Fsp3) is 0.727. The van der Waals surface area contributed by atoms with Crippen LogP contribution in [-0.2, 0) is 12.8 Å². The summed E-state index contributed by atoms with van der Waals surface area (Å²) in [6.07, 6.45) is 11.3. The Bertz CT molecular complexity index is 424. The molecule has 0 bridgehead atoms. The SMILES string of the molecule is CCCC[C@H](CC)Cc1cc(O)c(C[C@@H](CC)CCCC)cc1O. The first-order valence-electron chi connectivity index (χ1n) is 10.1. The molecule has 0 spiro atoms. The van der Waals surface area contributed by atoms with Crippen molar-refractivity contribution in [3.05, 3.63) is 23.3 Å². The van der Waals surface area contributed by atoms with Crippen molar-refractivity contribution in [2.75, 3.05) is 0 Å². The van der Waals surface area contributed by atoms with Gasteiger partial charge in [0.05, 0.1) is 0 Å². The molecule has 2 heteroatoms. The van der Waals surface area contributed by atoms with E-state index >= 15 is 0 Å². The standard InChI is InChI=1S/C22H38O2/c1-5-9-11-17(7-3)13-19-15-22(24)20(16-21(19)23)14-18(8-4)12-10-6-2/h15-18,23-24H,5-14H2,1-4H3/t17-,18-/m0/s1. The number of aromatic hydroxyl groups is 2. The van der Waals surface area contributed by atoms with Crippen molar-refractivity contribution in [2.45, 2.75) is 91.9 Å². The van der Waals surface area contributed by atoms with E-state index in [-0.39, 0.29) is 0 Å². The van der Waals surface area contributed by atoms with Crippen LogP contribution < -0.4 is 0 Å². The van der Waals surface area contributed by atoms with Gasteiger partial charge in [0.25, 0.3) is 0 Å². The molecule has 0 unspecified atom stereocenters. The van der Waals surface area contributed by atoms with Crippen LogP contribution >= 0.6 is 0 Å². The second-order valence-electron chi connectivity index (χ2n) is 7.35. The molecule has 0 heterocycles. The monoisotopic (exact) mass is 334 g/mol. The molecule has 0 saturated heterocycles. The Morgan fingerprint density at radius 3 is 1.38 bits per heavy atom. The van der Waals surface area contributed by atoms with Gasteiger partial charge in [-0.3, -0.25) is 0 Å². The Balaban J connectivity index is 2.80. The maximum absolute atomic E-state index is 10.4. The van der Waals surface area contributed by atoms with Crippen LogP contribution in [0.4, 0.5) is 0 Å². The van der Waals surface area contributed by atoms with Gasteiger partial charge in [0.15, 0.2) is 0 Å². The highest BCUT2D eigenvalue weighted by Gasteiger charge is 2.16. The van der Waals surface area contributed by atoms with E-state index < -0.39 is 0 Å². The molecule has 2 N–H and O–H groups in total. The largest absolute Gasteiger partial charge is 0.508 e. The first-order valence-corrected chi connectivity index (χ1v) is 10.1. The van der Waals surface area contributed by atoms with Crippen molar-refractivity contribution in [1.82, 2.24) is 0 Å². The van der Waals surface area contributed by atoms with Crippen molar-refractivity contribution in [3.8, 4) is 11.5 Å². The zero-order valence-corrected chi connectivity index (χ0v) is 16.3. The van der Waals surface area contributed by atoms with Gasteiger partial charge < -0.3 is 10.2 Å².